The molecule has 1 aliphatic rings. The first kappa shape index (κ1) is 18.6. The van der Waals surface area contributed by atoms with Crippen molar-refractivity contribution in [2.24, 2.45) is 13.0 Å². The second-order valence-electron chi connectivity index (χ2n) is 7.63. The quantitative estimate of drug-likeness (QED) is 0.829. The van der Waals surface area contributed by atoms with Crippen LogP contribution in [0.1, 0.15) is 42.9 Å². The van der Waals surface area contributed by atoms with E-state index in [-0.39, 0.29) is 11.8 Å². The molecule has 0 saturated carbocycles. The molecule has 2 heterocycles. The van der Waals surface area contributed by atoms with Crippen LogP contribution in [0.4, 0.5) is 0 Å². The van der Waals surface area contributed by atoms with Crippen LogP contribution in [0, 0.1) is 5.92 Å². The third-order valence-corrected chi connectivity index (χ3v) is 5.63. The molecule has 1 amide bonds. The minimum atomic E-state index is -0.112. The molecule has 0 aliphatic carbocycles. The summed E-state index contributed by atoms with van der Waals surface area (Å²) in [4.78, 5) is 17.3. The number of benzene rings is 1. The molecule has 0 spiro atoms. The smallest absolute Gasteiger partial charge is 0.229 e. The first-order valence-electron chi connectivity index (χ1n) is 9.46. The zero-order chi connectivity index (χ0) is 18.7. The van der Waals surface area contributed by atoms with Crippen molar-refractivity contribution in [2.75, 3.05) is 27.2 Å². The maximum absolute atomic E-state index is 12.9. The molecule has 1 aromatic carbocycles. The number of aryl methyl sites for hydroxylation is 1. The molecule has 5 heteroatoms. The highest BCUT2D eigenvalue weighted by Gasteiger charge is 2.33. The maximum atomic E-state index is 12.9. The third kappa shape index (κ3) is 3.98. The van der Waals surface area contributed by atoms with Crippen LogP contribution < -0.4 is 0 Å². The number of aromatic nitrogens is 2. The summed E-state index contributed by atoms with van der Waals surface area (Å²) < 4.78 is 1.86. The fourth-order valence-electron chi connectivity index (χ4n) is 4.23. The minimum absolute atomic E-state index is 0.112. The van der Waals surface area contributed by atoms with Crippen LogP contribution in [0.25, 0.3) is 0 Å². The Kier molecular flexibility index (Phi) is 5.77. The van der Waals surface area contributed by atoms with E-state index in [1.54, 1.807) is 0 Å². The monoisotopic (exact) mass is 354 g/mol. The average Bonchev–Trinajstić information content (AvgIpc) is 3.07. The number of piperidine rings is 1. The zero-order valence-electron chi connectivity index (χ0n) is 16.3. The molecule has 26 heavy (non-hydrogen) atoms. The van der Waals surface area contributed by atoms with Crippen LogP contribution in [0.3, 0.4) is 0 Å². The summed E-state index contributed by atoms with van der Waals surface area (Å²) in [5.74, 6) is 0.503. The normalized spacial score (nSPS) is 22.2. The van der Waals surface area contributed by atoms with E-state index in [4.69, 9.17) is 0 Å². The predicted molar refractivity (Wildman–Crippen MR) is 104 cm³/mol. The van der Waals surface area contributed by atoms with Crippen LogP contribution in [0.15, 0.2) is 42.7 Å². The summed E-state index contributed by atoms with van der Waals surface area (Å²) in [5, 5.41) is 4.35. The van der Waals surface area contributed by atoms with Crippen molar-refractivity contribution in [1.29, 1.82) is 0 Å². The molecule has 5 nitrogen and oxygen atoms in total. The molecule has 1 saturated heterocycles. The Balaban J connectivity index is 1.72. The van der Waals surface area contributed by atoms with Gasteiger partial charge in [0.05, 0.1) is 12.1 Å². The van der Waals surface area contributed by atoms with Crippen LogP contribution in [-0.4, -0.2) is 52.7 Å². The fourth-order valence-corrected chi connectivity index (χ4v) is 4.23. The van der Waals surface area contributed by atoms with Crippen LogP contribution in [0.2, 0.25) is 0 Å². The van der Waals surface area contributed by atoms with Crippen LogP contribution in [-0.2, 0) is 11.8 Å². The number of likely N-dealkylation sites (tertiary alicyclic amines) is 1. The lowest BCUT2D eigenvalue weighted by atomic mass is 9.85. The molecule has 3 atom stereocenters. The molecule has 1 aliphatic heterocycles. The summed E-state index contributed by atoms with van der Waals surface area (Å²) in [7, 11) is 6.08. The van der Waals surface area contributed by atoms with Gasteiger partial charge in [0.2, 0.25) is 5.91 Å². The molecule has 0 bridgehead atoms. The van der Waals surface area contributed by atoms with Gasteiger partial charge in [-0.05, 0) is 44.8 Å². The van der Waals surface area contributed by atoms with E-state index in [0.29, 0.717) is 12.0 Å². The summed E-state index contributed by atoms with van der Waals surface area (Å²) in [6, 6.07) is 10.4. The first-order valence-corrected chi connectivity index (χ1v) is 9.46. The number of likely N-dealkylation sites (N-methyl/N-ethyl adjacent to an activating group) is 1. The van der Waals surface area contributed by atoms with Crippen molar-refractivity contribution in [2.45, 2.75) is 31.7 Å². The van der Waals surface area contributed by atoms with E-state index < -0.39 is 0 Å². The number of amides is 1. The Bertz CT molecular complexity index is 727. The fraction of sp³-hybridized carbons (Fsp3) is 0.524. The number of nitrogens with zero attached hydrogens (tertiary/aromatic N) is 4. The number of rotatable bonds is 5. The second-order valence-corrected chi connectivity index (χ2v) is 7.63. The Morgan fingerprint density at radius 3 is 2.69 bits per heavy atom. The molecule has 140 valence electrons. The maximum Gasteiger partial charge on any atom is 0.229 e. The van der Waals surface area contributed by atoms with Gasteiger partial charge in [0, 0.05) is 38.4 Å². The number of hydrogen-bond donors (Lipinski definition) is 0. The van der Waals surface area contributed by atoms with Crippen molar-refractivity contribution in [3.8, 4) is 0 Å². The third-order valence-electron chi connectivity index (χ3n) is 5.63. The van der Waals surface area contributed by atoms with E-state index in [2.05, 4.69) is 23.2 Å². The van der Waals surface area contributed by atoms with Crippen LogP contribution >= 0.6 is 0 Å². The van der Waals surface area contributed by atoms with E-state index in [1.807, 2.05) is 67.1 Å². The average molecular weight is 354 g/mol. The Hall–Kier alpha value is -2.14. The Morgan fingerprint density at radius 2 is 2.04 bits per heavy atom. The largest absolute Gasteiger partial charge is 0.345 e. The second kappa shape index (κ2) is 8.04. The number of carbonyl (C=O) groups is 1. The summed E-state index contributed by atoms with van der Waals surface area (Å²) >= 11 is 0. The van der Waals surface area contributed by atoms with Gasteiger partial charge in [-0.25, -0.2) is 0 Å². The highest BCUT2D eigenvalue weighted by molar-refractivity contribution is 5.83. The van der Waals surface area contributed by atoms with E-state index in [9.17, 15) is 4.79 Å². The zero-order valence-corrected chi connectivity index (χ0v) is 16.3. The molecule has 1 fully saturated rings. The van der Waals surface area contributed by atoms with Gasteiger partial charge < -0.3 is 4.90 Å². The summed E-state index contributed by atoms with van der Waals surface area (Å²) in [5.41, 5.74) is 2.32. The van der Waals surface area contributed by atoms with Gasteiger partial charge in [-0.3, -0.25) is 14.4 Å². The van der Waals surface area contributed by atoms with Gasteiger partial charge in [-0.2, -0.15) is 5.10 Å². The van der Waals surface area contributed by atoms with Crippen molar-refractivity contribution in [3.63, 3.8) is 0 Å². The SMILES string of the molecule is C[C@@H](C(=O)N(C)C[C@@H]1CCCN(C)[C@H]1c1cnn(C)c1)c1ccccc1. The van der Waals surface area contributed by atoms with Gasteiger partial charge in [0.1, 0.15) is 0 Å². The Labute approximate surface area is 156 Å². The van der Waals surface area contributed by atoms with Gasteiger partial charge in [0.15, 0.2) is 0 Å². The highest BCUT2D eigenvalue weighted by atomic mass is 16.2. The molecule has 0 unspecified atom stereocenters. The lowest BCUT2D eigenvalue weighted by Crippen LogP contribution is -2.43. The molecule has 3 rings (SSSR count). The first-order chi connectivity index (χ1) is 12.5. The number of hydrogen-bond acceptors (Lipinski definition) is 3. The van der Waals surface area contributed by atoms with Crippen molar-refractivity contribution < 1.29 is 4.79 Å². The lowest BCUT2D eigenvalue weighted by molar-refractivity contribution is -0.132. The van der Waals surface area contributed by atoms with Crippen molar-refractivity contribution >= 4 is 5.91 Å². The highest BCUT2D eigenvalue weighted by Crippen LogP contribution is 2.35. The molecule has 0 radical (unpaired) electrons. The van der Waals surface area contributed by atoms with E-state index in [1.165, 1.54) is 12.0 Å². The van der Waals surface area contributed by atoms with Gasteiger partial charge >= 0.3 is 0 Å². The summed E-state index contributed by atoms with van der Waals surface area (Å²) in [6.07, 6.45) is 6.39. The standard InChI is InChI=1S/C21H30N4O/c1-16(17-9-6-5-7-10-17)21(26)24(3)14-18-11-8-12-23(2)20(18)19-13-22-25(4)15-19/h5-7,9-10,13,15-16,18,20H,8,11-12,14H2,1-4H3/t16-,18+,20-/m1/s1. The van der Waals surface area contributed by atoms with Crippen molar-refractivity contribution in [3.05, 3.63) is 53.9 Å². The van der Waals surface area contributed by atoms with E-state index in [0.717, 1.165) is 25.1 Å². The summed E-state index contributed by atoms with van der Waals surface area (Å²) in [6.45, 7) is 3.87. The van der Waals surface area contributed by atoms with Crippen LogP contribution in [0.5, 0.6) is 0 Å². The van der Waals surface area contributed by atoms with Gasteiger partial charge in [-0.15, -0.1) is 0 Å². The topological polar surface area (TPSA) is 41.4 Å². The van der Waals surface area contributed by atoms with Gasteiger partial charge in [0.25, 0.3) is 0 Å². The van der Waals surface area contributed by atoms with Crippen molar-refractivity contribution in [1.82, 2.24) is 19.6 Å². The number of carbonyl (C=O) groups excluding carboxylic acids is 1. The molecule has 0 N–H and O–H groups in total. The minimum Gasteiger partial charge on any atom is -0.345 e. The molecular weight excluding hydrogens is 324 g/mol. The lowest BCUT2D eigenvalue weighted by Gasteiger charge is -2.40. The molecule has 1 aromatic heterocycles. The molecule has 2 aromatic rings. The van der Waals surface area contributed by atoms with Gasteiger partial charge in [-0.1, -0.05) is 30.3 Å². The Morgan fingerprint density at radius 1 is 1.31 bits per heavy atom. The predicted octanol–water partition coefficient (Wildman–Crippen LogP) is 3.07. The van der Waals surface area contributed by atoms with E-state index >= 15 is 0 Å². The molecular formula is C21H30N4O.